The van der Waals surface area contributed by atoms with Crippen LogP contribution in [0.1, 0.15) is 28.7 Å². The van der Waals surface area contributed by atoms with E-state index in [1.54, 1.807) is 14.0 Å². The first-order valence-corrected chi connectivity index (χ1v) is 8.04. The van der Waals surface area contributed by atoms with Crippen LogP contribution >= 0.6 is 0 Å². The van der Waals surface area contributed by atoms with Gasteiger partial charge in [-0.3, -0.25) is 4.79 Å². The van der Waals surface area contributed by atoms with Gasteiger partial charge in [-0.2, -0.15) is 0 Å². The quantitative estimate of drug-likeness (QED) is 0.853. The Morgan fingerprint density at radius 2 is 1.54 bits per heavy atom. The lowest BCUT2D eigenvalue weighted by molar-refractivity contribution is 0.0366. The molecule has 0 bridgehead atoms. The molecule has 2 rings (SSSR count). The number of carbonyl (C=O) groups excluding carboxylic acids is 1. The maximum atomic E-state index is 12.5. The molecule has 0 saturated heterocycles. The Morgan fingerprint density at radius 3 is 2.00 bits per heavy atom. The SMILES string of the molecule is Cc1ccc(C)n1-c1ccc(C(=O)N(C)CC(C)(CO)CO)cc1. The number of carbonyl (C=O) groups is 1. The van der Waals surface area contributed by atoms with E-state index >= 15 is 0 Å². The Balaban J connectivity index is 2.17. The topological polar surface area (TPSA) is 65.7 Å². The van der Waals surface area contributed by atoms with Gasteiger partial charge in [-0.1, -0.05) is 6.92 Å². The zero-order valence-corrected chi connectivity index (χ0v) is 14.8. The fourth-order valence-corrected chi connectivity index (χ4v) is 2.84. The van der Waals surface area contributed by atoms with Gasteiger partial charge in [-0.25, -0.2) is 0 Å². The molecule has 1 aromatic carbocycles. The van der Waals surface area contributed by atoms with Crippen molar-refractivity contribution in [3.05, 3.63) is 53.3 Å². The molecule has 0 aliphatic rings. The van der Waals surface area contributed by atoms with E-state index in [1.807, 2.05) is 38.1 Å². The average molecular weight is 330 g/mol. The van der Waals surface area contributed by atoms with E-state index in [2.05, 4.69) is 16.7 Å². The summed E-state index contributed by atoms with van der Waals surface area (Å²) in [6.07, 6.45) is 0. The van der Waals surface area contributed by atoms with Crippen LogP contribution in [0.4, 0.5) is 0 Å². The predicted molar refractivity (Wildman–Crippen MR) is 94.5 cm³/mol. The number of aromatic nitrogens is 1. The summed E-state index contributed by atoms with van der Waals surface area (Å²) in [6, 6.07) is 11.6. The van der Waals surface area contributed by atoms with Crippen molar-refractivity contribution in [1.29, 1.82) is 0 Å². The highest BCUT2D eigenvalue weighted by atomic mass is 16.3. The van der Waals surface area contributed by atoms with E-state index < -0.39 is 5.41 Å². The number of nitrogens with zero attached hydrogens (tertiary/aromatic N) is 2. The number of hydrogen-bond acceptors (Lipinski definition) is 3. The zero-order chi connectivity index (χ0) is 17.9. The van der Waals surface area contributed by atoms with E-state index in [0.29, 0.717) is 5.56 Å². The molecule has 0 spiro atoms. The third kappa shape index (κ3) is 3.68. The van der Waals surface area contributed by atoms with Gasteiger partial charge in [0.05, 0.1) is 13.2 Å². The number of aliphatic hydroxyl groups excluding tert-OH is 2. The van der Waals surface area contributed by atoms with Gasteiger partial charge >= 0.3 is 0 Å². The highest BCUT2D eigenvalue weighted by Crippen LogP contribution is 2.19. The standard InChI is InChI=1S/C19H26N2O3/c1-14-5-6-15(2)21(14)17-9-7-16(8-10-17)18(24)20(4)11-19(3,12-22)13-23/h5-10,22-23H,11-13H2,1-4H3. The van der Waals surface area contributed by atoms with Gasteiger partial charge < -0.3 is 19.7 Å². The lowest BCUT2D eigenvalue weighted by atomic mass is 9.92. The Labute approximate surface area is 143 Å². The highest BCUT2D eigenvalue weighted by Gasteiger charge is 2.26. The van der Waals surface area contributed by atoms with Gasteiger partial charge in [-0.05, 0) is 50.2 Å². The van der Waals surface area contributed by atoms with E-state index in [0.717, 1.165) is 17.1 Å². The second kappa shape index (κ2) is 7.20. The average Bonchev–Trinajstić information content (AvgIpc) is 2.92. The van der Waals surface area contributed by atoms with Gasteiger partial charge in [0.15, 0.2) is 0 Å². The van der Waals surface area contributed by atoms with E-state index in [9.17, 15) is 15.0 Å². The molecule has 5 nitrogen and oxygen atoms in total. The molecule has 0 saturated carbocycles. The molecule has 0 aliphatic carbocycles. The summed E-state index contributed by atoms with van der Waals surface area (Å²) < 4.78 is 2.13. The maximum absolute atomic E-state index is 12.5. The largest absolute Gasteiger partial charge is 0.396 e. The lowest BCUT2D eigenvalue weighted by Gasteiger charge is -2.30. The van der Waals surface area contributed by atoms with Crippen LogP contribution in [0.15, 0.2) is 36.4 Å². The molecule has 1 amide bonds. The molecule has 1 aromatic heterocycles. The summed E-state index contributed by atoms with van der Waals surface area (Å²) >= 11 is 0. The molecule has 2 aromatic rings. The number of amides is 1. The Kier molecular flexibility index (Phi) is 5.47. The van der Waals surface area contributed by atoms with E-state index in [1.165, 1.54) is 4.90 Å². The molecular formula is C19H26N2O3. The number of benzene rings is 1. The molecule has 1 heterocycles. The minimum absolute atomic E-state index is 0.129. The first-order valence-electron chi connectivity index (χ1n) is 8.04. The van der Waals surface area contributed by atoms with E-state index in [4.69, 9.17) is 0 Å². The van der Waals surface area contributed by atoms with E-state index in [-0.39, 0.29) is 25.7 Å². The molecule has 0 atom stereocenters. The number of rotatable bonds is 6. The molecule has 130 valence electrons. The first kappa shape index (κ1) is 18.2. The van der Waals surface area contributed by atoms with Gasteiger partial charge in [0.2, 0.25) is 0 Å². The summed E-state index contributed by atoms with van der Waals surface area (Å²) in [5, 5.41) is 18.8. The molecular weight excluding hydrogens is 304 g/mol. The van der Waals surface area contributed by atoms with Crippen molar-refractivity contribution < 1.29 is 15.0 Å². The van der Waals surface area contributed by atoms with Crippen molar-refractivity contribution in [1.82, 2.24) is 9.47 Å². The van der Waals surface area contributed by atoms with Crippen LogP contribution in [0.3, 0.4) is 0 Å². The summed E-state index contributed by atoms with van der Waals surface area (Å²) in [6.45, 7) is 5.78. The molecule has 0 aliphatic heterocycles. The van der Waals surface area contributed by atoms with Gasteiger partial charge in [-0.15, -0.1) is 0 Å². The minimum atomic E-state index is -0.705. The highest BCUT2D eigenvalue weighted by molar-refractivity contribution is 5.94. The monoisotopic (exact) mass is 330 g/mol. The van der Waals surface area contributed by atoms with Crippen molar-refractivity contribution in [3.63, 3.8) is 0 Å². The van der Waals surface area contributed by atoms with Crippen molar-refractivity contribution in [2.75, 3.05) is 26.8 Å². The van der Waals surface area contributed by atoms with Crippen LogP contribution in [0.2, 0.25) is 0 Å². The van der Waals surface area contributed by atoms with Crippen LogP contribution in [0.25, 0.3) is 5.69 Å². The molecule has 0 fully saturated rings. The Bertz CT molecular complexity index is 680. The summed E-state index contributed by atoms with van der Waals surface area (Å²) in [5.41, 5.74) is 3.19. The van der Waals surface area contributed by atoms with Crippen LogP contribution < -0.4 is 0 Å². The van der Waals surface area contributed by atoms with Crippen LogP contribution in [0, 0.1) is 19.3 Å². The predicted octanol–water partition coefficient (Wildman–Crippen LogP) is 2.16. The molecule has 24 heavy (non-hydrogen) atoms. The van der Waals surface area contributed by atoms with Gasteiger partial charge in [0.1, 0.15) is 0 Å². The van der Waals surface area contributed by atoms with Crippen molar-refractivity contribution in [3.8, 4) is 5.69 Å². The molecule has 0 radical (unpaired) electrons. The van der Waals surface area contributed by atoms with Crippen molar-refractivity contribution in [2.24, 2.45) is 5.41 Å². The van der Waals surface area contributed by atoms with Gasteiger partial charge in [0.25, 0.3) is 5.91 Å². The Morgan fingerprint density at radius 1 is 1.04 bits per heavy atom. The molecule has 0 unspecified atom stereocenters. The fraction of sp³-hybridized carbons (Fsp3) is 0.421. The smallest absolute Gasteiger partial charge is 0.253 e. The van der Waals surface area contributed by atoms with Crippen LogP contribution in [-0.2, 0) is 0 Å². The van der Waals surface area contributed by atoms with Gasteiger partial charge in [0, 0.05) is 41.6 Å². The number of aryl methyl sites for hydroxylation is 2. The number of hydrogen-bond donors (Lipinski definition) is 2. The van der Waals surface area contributed by atoms with Crippen molar-refractivity contribution >= 4 is 5.91 Å². The van der Waals surface area contributed by atoms with Crippen LogP contribution in [0.5, 0.6) is 0 Å². The third-order valence-electron chi connectivity index (χ3n) is 4.37. The second-order valence-corrected chi connectivity index (χ2v) is 6.79. The number of aliphatic hydroxyl groups is 2. The lowest BCUT2D eigenvalue weighted by Crippen LogP contribution is -2.41. The maximum Gasteiger partial charge on any atom is 0.253 e. The normalized spacial score (nSPS) is 11.6. The summed E-state index contributed by atoms with van der Waals surface area (Å²) in [7, 11) is 1.68. The zero-order valence-electron chi connectivity index (χ0n) is 14.8. The molecule has 2 N–H and O–H groups in total. The second-order valence-electron chi connectivity index (χ2n) is 6.79. The van der Waals surface area contributed by atoms with Crippen molar-refractivity contribution in [2.45, 2.75) is 20.8 Å². The molecule has 5 heteroatoms. The minimum Gasteiger partial charge on any atom is -0.396 e. The fourth-order valence-electron chi connectivity index (χ4n) is 2.84. The summed E-state index contributed by atoms with van der Waals surface area (Å²) in [4.78, 5) is 14.1. The first-order chi connectivity index (χ1) is 11.3. The summed E-state index contributed by atoms with van der Waals surface area (Å²) in [5.74, 6) is -0.129. The third-order valence-corrected chi connectivity index (χ3v) is 4.37. The van der Waals surface area contributed by atoms with Crippen LogP contribution in [-0.4, -0.2) is 52.4 Å². The Hall–Kier alpha value is -2.11.